The maximum atomic E-state index is 12.4. The number of carboxylic acids is 1. The smallest absolute Gasteiger partial charge is 0.317 e. The average Bonchev–Trinajstić information content (AvgIpc) is 2.59. The minimum absolute atomic E-state index is 0.00526. The number of aryl methyl sites for hydroxylation is 1. The number of hydrogen-bond acceptors (Lipinski definition) is 5. The normalized spacial score (nSPS) is 17.6. The van der Waals surface area contributed by atoms with Gasteiger partial charge in [-0.05, 0) is 25.1 Å². The van der Waals surface area contributed by atoms with Crippen LogP contribution in [0.4, 0.5) is 0 Å². The van der Waals surface area contributed by atoms with E-state index in [1.807, 2.05) is 31.2 Å². The zero-order valence-electron chi connectivity index (χ0n) is 14.8. The number of nitrogens with zero attached hydrogens (tertiary/aromatic N) is 2. The van der Waals surface area contributed by atoms with E-state index < -0.39 is 5.97 Å². The van der Waals surface area contributed by atoms with Gasteiger partial charge in [-0.15, -0.1) is 0 Å². The second-order valence-electron chi connectivity index (χ2n) is 6.17. The molecule has 0 saturated carbocycles. The van der Waals surface area contributed by atoms with E-state index in [1.165, 1.54) is 0 Å². The maximum absolute atomic E-state index is 12.4. The number of likely N-dealkylation sites (N-methyl/N-ethyl adjacent to an activating group) is 1. The van der Waals surface area contributed by atoms with Gasteiger partial charge in [0.15, 0.2) is 6.61 Å². The highest BCUT2D eigenvalue weighted by atomic mass is 16.5. The first-order valence-corrected chi connectivity index (χ1v) is 8.50. The fraction of sp³-hybridized carbons (Fsp3) is 0.556. The third kappa shape index (κ3) is 6.03. The van der Waals surface area contributed by atoms with Crippen LogP contribution in [0.1, 0.15) is 12.5 Å². The topological polar surface area (TPSA) is 79.3 Å². The molecule has 1 N–H and O–H groups in total. The molecule has 1 aliphatic heterocycles. The van der Waals surface area contributed by atoms with E-state index in [0.29, 0.717) is 26.2 Å². The summed E-state index contributed by atoms with van der Waals surface area (Å²) in [6.45, 7) is 3.88. The van der Waals surface area contributed by atoms with Gasteiger partial charge in [0.25, 0.3) is 5.91 Å². The van der Waals surface area contributed by atoms with Crippen LogP contribution in [0.2, 0.25) is 0 Å². The molecule has 0 bridgehead atoms. The van der Waals surface area contributed by atoms with Gasteiger partial charge in [-0.2, -0.15) is 0 Å². The Morgan fingerprint density at radius 3 is 2.88 bits per heavy atom. The third-order valence-electron chi connectivity index (χ3n) is 4.12. The maximum Gasteiger partial charge on any atom is 0.317 e. The van der Waals surface area contributed by atoms with Crippen molar-refractivity contribution in [2.24, 2.45) is 0 Å². The fourth-order valence-corrected chi connectivity index (χ4v) is 2.87. The minimum atomic E-state index is -0.880. The Morgan fingerprint density at radius 1 is 1.40 bits per heavy atom. The molecule has 2 rings (SSSR count). The molecule has 1 saturated heterocycles. The molecular formula is C18H26N2O5. The van der Waals surface area contributed by atoms with Crippen molar-refractivity contribution in [2.75, 3.05) is 46.4 Å². The summed E-state index contributed by atoms with van der Waals surface area (Å²) >= 11 is 0. The summed E-state index contributed by atoms with van der Waals surface area (Å²) in [7, 11) is 1.73. The lowest BCUT2D eigenvalue weighted by Crippen LogP contribution is -2.50. The highest BCUT2D eigenvalue weighted by Gasteiger charge is 2.25. The molecule has 1 amide bonds. The Morgan fingerprint density at radius 2 is 2.16 bits per heavy atom. The molecule has 1 aliphatic rings. The lowest BCUT2D eigenvalue weighted by molar-refractivity contribution is -0.143. The van der Waals surface area contributed by atoms with E-state index in [9.17, 15) is 9.59 Å². The number of aliphatic carboxylic acids is 1. The zero-order chi connectivity index (χ0) is 18.2. The number of morpholine rings is 1. The number of carbonyl (C=O) groups excluding carboxylic acids is 1. The van der Waals surface area contributed by atoms with E-state index in [2.05, 4.69) is 0 Å². The summed E-state index contributed by atoms with van der Waals surface area (Å²) < 4.78 is 11.3. The van der Waals surface area contributed by atoms with Crippen molar-refractivity contribution in [3.8, 4) is 5.75 Å². The number of carboxylic acid groups (broad SMARTS) is 1. The second kappa shape index (κ2) is 9.39. The van der Waals surface area contributed by atoms with Gasteiger partial charge in [-0.25, -0.2) is 0 Å². The SMILES string of the molecule is CCc1ccccc1OCC(=O)N1CCOC(CN(C)CC(=O)O)C1. The molecule has 7 heteroatoms. The van der Waals surface area contributed by atoms with Crippen LogP contribution in [-0.4, -0.2) is 79.3 Å². The number of ether oxygens (including phenoxy) is 2. The van der Waals surface area contributed by atoms with Crippen LogP contribution in [0, 0.1) is 0 Å². The molecule has 1 aromatic rings. The largest absolute Gasteiger partial charge is 0.483 e. The van der Waals surface area contributed by atoms with E-state index in [1.54, 1.807) is 16.8 Å². The molecule has 25 heavy (non-hydrogen) atoms. The predicted octanol–water partition coefficient (Wildman–Crippen LogP) is 0.872. The molecule has 1 unspecified atom stereocenters. The molecule has 0 radical (unpaired) electrons. The number of rotatable bonds is 8. The fourth-order valence-electron chi connectivity index (χ4n) is 2.87. The molecular weight excluding hydrogens is 324 g/mol. The van der Waals surface area contributed by atoms with Crippen molar-refractivity contribution in [2.45, 2.75) is 19.4 Å². The van der Waals surface area contributed by atoms with Gasteiger partial charge < -0.3 is 19.5 Å². The summed E-state index contributed by atoms with van der Waals surface area (Å²) in [4.78, 5) is 26.5. The van der Waals surface area contributed by atoms with Crippen molar-refractivity contribution in [3.05, 3.63) is 29.8 Å². The highest BCUT2D eigenvalue weighted by molar-refractivity contribution is 5.78. The molecule has 138 valence electrons. The molecule has 0 aromatic heterocycles. The molecule has 0 spiro atoms. The summed E-state index contributed by atoms with van der Waals surface area (Å²) in [6, 6.07) is 7.70. The Hall–Kier alpha value is -2.12. The van der Waals surface area contributed by atoms with Crippen molar-refractivity contribution in [1.29, 1.82) is 0 Å². The first-order valence-electron chi connectivity index (χ1n) is 8.50. The van der Waals surface area contributed by atoms with Gasteiger partial charge in [0.1, 0.15) is 5.75 Å². The number of hydrogen-bond donors (Lipinski definition) is 1. The van der Waals surface area contributed by atoms with Gasteiger partial charge in [0.2, 0.25) is 0 Å². The van der Waals surface area contributed by atoms with Gasteiger partial charge in [-0.1, -0.05) is 25.1 Å². The van der Waals surface area contributed by atoms with Crippen LogP contribution in [0.3, 0.4) is 0 Å². The second-order valence-corrected chi connectivity index (χ2v) is 6.17. The highest BCUT2D eigenvalue weighted by Crippen LogP contribution is 2.18. The van der Waals surface area contributed by atoms with Crippen molar-refractivity contribution in [1.82, 2.24) is 9.80 Å². The van der Waals surface area contributed by atoms with Crippen LogP contribution in [0.5, 0.6) is 5.75 Å². The standard InChI is InChI=1S/C18H26N2O5/c1-3-14-6-4-5-7-16(14)25-13-17(21)20-8-9-24-15(11-20)10-19(2)12-18(22)23/h4-7,15H,3,8-13H2,1-2H3,(H,22,23). The molecule has 7 nitrogen and oxygen atoms in total. The van der Waals surface area contributed by atoms with Crippen LogP contribution in [-0.2, 0) is 20.7 Å². The summed E-state index contributed by atoms with van der Waals surface area (Å²) in [5.41, 5.74) is 1.07. The lowest BCUT2D eigenvalue weighted by atomic mass is 10.1. The number of amides is 1. The van der Waals surface area contributed by atoms with Crippen LogP contribution < -0.4 is 4.74 Å². The quantitative estimate of drug-likeness (QED) is 0.750. The van der Waals surface area contributed by atoms with E-state index in [-0.39, 0.29) is 25.2 Å². The summed E-state index contributed by atoms with van der Waals surface area (Å²) in [5, 5.41) is 8.81. The lowest BCUT2D eigenvalue weighted by Gasteiger charge is -2.34. The Kier molecular flexibility index (Phi) is 7.21. The zero-order valence-corrected chi connectivity index (χ0v) is 14.8. The van der Waals surface area contributed by atoms with Crippen LogP contribution in [0.25, 0.3) is 0 Å². The molecule has 1 heterocycles. The van der Waals surface area contributed by atoms with E-state index in [0.717, 1.165) is 17.7 Å². The summed E-state index contributed by atoms with van der Waals surface area (Å²) in [5.74, 6) is -0.223. The first kappa shape index (κ1) is 19.2. The monoisotopic (exact) mass is 350 g/mol. The van der Waals surface area contributed by atoms with Gasteiger partial charge >= 0.3 is 5.97 Å². The predicted molar refractivity (Wildman–Crippen MR) is 92.8 cm³/mol. The van der Waals surface area contributed by atoms with E-state index in [4.69, 9.17) is 14.6 Å². The van der Waals surface area contributed by atoms with Gasteiger partial charge in [0, 0.05) is 19.6 Å². The molecule has 0 aliphatic carbocycles. The van der Waals surface area contributed by atoms with Crippen LogP contribution in [0.15, 0.2) is 24.3 Å². The Labute approximate surface area is 148 Å². The number of benzene rings is 1. The molecule has 1 aromatic carbocycles. The van der Waals surface area contributed by atoms with Crippen LogP contribution >= 0.6 is 0 Å². The van der Waals surface area contributed by atoms with Gasteiger partial charge in [-0.3, -0.25) is 14.5 Å². The number of para-hydroxylation sites is 1. The van der Waals surface area contributed by atoms with Crippen molar-refractivity contribution < 1.29 is 24.2 Å². The van der Waals surface area contributed by atoms with E-state index >= 15 is 0 Å². The number of carbonyl (C=O) groups is 2. The van der Waals surface area contributed by atoms with Crippen molar-refractivity contribution >= 4 is 11.9 Å². The Bertz CT molecular complexity index is 593. The minimum Gasteiger partial charge on any atom is -0.483 e. The average molecular weight is 350 g/mol. The van der Waals surface area contributed by atoms with Gasteiger partial charge in [0.05, 0.1) is 19.3 Å². The summed E-state index contributed by atoms with van der Waals surface area (Å²) in [6.07, 6.45) is 0.657. The molecule has 1 atom stereocenters. The third-order valence-corrected chi connectivity index (χ3v) is 4.12. The van der Waals surface area contributed by atoms with Crippen molar-refractivity contribution in [3.63, 3.8) is 0 Å². The Balaban J connectivity index is 1.83. The molecule has 1 fully saturated rings. The first-order chi connectivity index (χ1) is 12.0.